The highest BCUT2D eigenvalue weighted by Crippen LogP contribution is 2.23. The molecule has 25 heavy (non-hydrogen) atoms. The van der Waals surface area contributed by atoms with E-state index in [2.05, 4.69) is 16.7 Å². The zero-order valence-corrected chi connectivity index (χ0v) is 14.4. The number of quaternary nitrogens is 1. The first-order valence-electron chi connectivity index (χ1n) is 9.24. The van der Waals surface area contributed by atoms with Gasteiger partial charge in [-0.2, -0.15) is 0 Å². The lowest BCUT2D eigenvalue weighted by Gasteiger charge is -2.35. The van der Waals surface area contributed by atoms with Gasteiger partial charge in [0.1, 0.15) is 6.54 Å². The monoisotopic (exact) mass is 340 g/mol. The topological polar surface area (TPSA) is 58.7 Å². The smallest absolute Gasteiger partial charge is 0.315 e. The first-order valence-corrected chi connectivity index (χ1v) is 9.24. The Hall–Kier alpha value is -2.27. The molecule has 5 heteroatoms. The Kier molecular flexibility index (Phi) is 4.74. The number of carbonyl (C=O) groups is 1. The minimum atomic E-state index is -0.0530. The van der Waals surface area contributed by atoms with Gasteiger partial charge in [-0.15, -0.1) is 0 Å². The van der Waals surface area contributed by atoms with Crippen molar-refractivity contribution < 1.29 is 14.1 Å². The lowest BCUT2D eigenvalue weighted by atomic mass is 9.97. The molecule has 2 fully saturated rings. The summed E-state index contributed by atoms with van der Waals surface area (Å²) in [6, 6.07) is 15.5. The molecule has 1 aromatic heterocycles. The molecular formula is C20H26N3O2+. The van der Waals surface area contributed by atoms with E-state index in [-0.39, 0.29) is 12.1 Å². The van der Waals surface area contributed by atoms with Gasteiger partial charge in [0.15, 0.2) is 5.76 Å². The Morgan fingerprint density at radius 1 is 1.08 bits per heavy atom. The molecule has 3 heterocycles. The number of nitrogens with one attached hydrogen (secondary N) is 3. The molecule has 4 rings (SSSR count). The van der Waals surface area contributed by atoms with Crippen LogP contribution in [0.1, 0.15) is 37.0 Å². The highest BCUT2D eigenvalue weighted by atomic mass is 16.3. The van der Waals surface area contributed by atoms with Crippen LogP contribution < -0.4 is 15.5 Å². The van der Waals surface area contributed by atoms with Gasteiger partial charge in [0, 0.05) is 38.3 Å². The summed E-state index contributed by atoms with van der Waals surface area (Å²) in [5, 5.41) is 6.15. The lowest BCUT2D eigenvalue weighted by molar-refractivity contribution is -0.955. The Morgan fingerprint density at radius 3 is 2.52 bits per heavy atom. The molecule has 0 spiro atoms. The normalized spacial score (nSPS) is 27.8. The van der Waals surface area contributed by atoms with Gasteiger partial charge in [-0.3, -0.25) is 0 Å². The van der Waals surface area contributed by atoms with E-state index in [0.717, 1.165) is 30.7 Å². The maximum Gasteiger partial charge on any atom is 0.315 e. The Morgan fingerprint density at radius 2 is 1.84 bits per heavy atom. The van der Waals surface area contributed by atoms with E-state index in [9.17, 15) is 4.79 Å². The molecule has 2 atom stereocenters. The minimum absolute atomic E-state index is 0.0530. The average molecular weight is 340 g/mol. The number of benzene rings is 1. The van der Waals surface area contributed by atoms with Crippen LogP contribution in [0.5, 0.6) is 0 Å². The van der Waals surface area contributed by atoms with E-state index < -0.39 is 0 Å². The number of fused-ring (bicyclic) bond motifs is 2. The fourth-order valence-corrected chi connectivity index (χ4v) is 4.46. The molecule has 5 nitrogen and oxygen atoms in total. The summed E-state index contributed by atoms with van der Waals surface area (Å²) in [6.07, 6.45) is 6.38. The second-order valence-corrected chi connectivity index (χ2v) is 7.28. The summed E-state index contributed by atoms with van der Waals surface area (Å²) in [5.74, 6) is 1.07. The van der Waals surface area contributed by atoms with E-state index in [4.69, 9.17) is 4.42 Å². The predicted molar refractivity (Wildman–Crippen MR) is 95.0 cm³/mol. The largest absolute Gasteiger partial charge is 0.463 e. The van der Waals surface area contributed by atoms with Crippen molar-refractivity contribution in [3.63, 3.8) is 0 Å². The quantitative estimate of drug-likeness (QED) is 0.778. The number of furan rings is 1. The van der Waals surface area contributed by atoms with Gasteiger partial charge in [-0.1, -0.05) is 30.3 Å². The molecular weight excluding hydrogens is 314 g/mol. The third-order valence-corrected chi connectivity index (χ3v) is 5.64. The molecule has 2 bridgehead atoms. The molecule has 1 aromatic carbocycles. The summed E-state index contributed by atoms with van der Waals surface area (Å²) in [4.78, 5) is 13.8. The highest BCUT2D eigenvalue weighted by Gasteiger charge is 2.45. The van der Waals surface area contributed by atoms with Gasteiger partial charge in [0.05, 0.1) is 18.3 Å². The fraction of sp³-hybridized carbons (Fsp3) is 0.450. The van der Waals surface area contributed by atoms with Crippen LogP contribution in [0, 0.1) is 0 Å². The third-order valence-electron chi connectivity index (χ3n) is 5.64. The second-order valence-electron chi connectivity index (χ2n) is 7.28. The molecule has 0 radical (unpaired) electrons. The maximum absolute atomic E-state index is 12.2. The van der Waals surface area contributed by atoms with Gasteiger partial charge in [-0.25, -0.2) is 4.79 Å². The zero-order chi connectivity index (χ0) is 17.1. The van der Waals surface area contributed by atoms with Crippen molar-refractivity contribution in [2.75, 3.05) is 0 Å². The van der Waals surface area contributed by atoms with Crippen molar-refractivity contribution >= 4 is 6.03 Å². The molecule has 2 aromatic rings. The lowest BCUT2D eigenvalue weighted by Crippen LogP contribution is -3.17. The number of hydrogen-bond donors (Lipinski definition) is 3. The Labute approximate surface area is 148 Å². The van der Waals surface area contributed by atoms with Crippen LogP contribution >= 0.6 is 0 Å². The summed E-state index contributed by atoms with van der Waals surface area (Å²) in [5.41, 5.74) is 1.12. The summed E-state index contributed by atoms with van der Waals surface area (Å²) in [7, 11) is 0. The van der Waals surface area contributed by atoms with Crippen LogP contribution in [0.25, 0.3) is 0 Å². The minimum Gasteiger partial charge on any atom is -0.463 e. The molecule has 2 saturated heterocycles. The van der Waals surface area contributed by atoms with Crippen molar-refractivity contribution in [1.29, 1.82) is 0 Å². The second kappa shape index (κ2) is 7.31. The molecule has 2 aliphatic heterocycles. The zero-order valence-electron chi connectivity index (χ0n) is 14.4. The van der Waals surface area contributed by atoms with E-state index >= 15 is 0 Å². The van der Waals surface area contributed by atoms with Gasteiger partial charge in [0.25, 0.3) is 0 Å². The van der Waals surface area contributed by atoms with Crippen LogP contribution in [-0.4, -0.2) is 24.2 Å². The van der Waals surface area contributed by atoms with Gasteiger partial charge < -0.3 is 20.0 Å². The number of piperidine rings is 1. The number of amides is 2. The fourth-order valence-electron chi connectivity index (χ4n) is 4.46. The molecule has 132 valence electrons. The summed E-state index contributed by atoms with van der Waals surface area (Å²) < 4.78 is 5.53. The molecule has 0 unspecified atom stereocenters. The first-order chi connectivity index (χ1) is 12.3. The predicted octanol–water partition coefficient (Wildman–Crippen LogP) is 1.86. The molecule has 2 aliphatic rings. The molecule has 0 saturated carbocycles. The first kappa shape index (κ1) is 16.2. The van der Waals surface area contributed by atoms with E-state index in [1.54, 1.807) is 11.2 Å². The van der Waals surface area contributed by atoms with E-state index in [1.807, 2.05) is 36.4 Å². The number of hydrogen-bond acceptors (Lipinski definition) is 2. The van der Waals surface area contributed by atoms with Gasteiger partial charge in [-0.05, 0) is 17.7 Å². The maximum atomic E-state index is 12.2. The highest BCUT2D eigenvalue weighted by molar-refractivity contribution is 5.74. The number of rotatable bonds is 5. The van der Waals surface area contributed by atoms with Crippen molar-refractivity contribution in [2.45, 2.75) is 56.9 Å². The molecule has 2 amide bonds. The van der Waals surface area contributed by atoms with Gasteiger partial charge in [0.2, 0.25) is 0 Å². The summed E-state index contributed by atoms with van der Waals surface area (Å²) in [6.45, 7) is 1.54. The third kappa shape index (κ3) is 3.87. The van der Waals surface area contributed by atoms with E-state index in [1.165, 1.54) is 12.8 Å². The van der Waals surface area contributed by atoms with Crippen LogP contribution in [0.2, 0.25) is 0 Å². The van der Waals surface area contributed by atoms with E-state index in [0.29, 0.717) is 18.6 Å². The number of urea groups is 1. The van der Waals surface area contributed by atoms with Crippen molar-refractivity contribution in [3.05, 3.63) is 60.1 Å². The van der Waals surface area contributed by atoms with Crippen molar-refractivity contribution in [3.8, 4) is 0 Å². The molecule has 0 aliphatic carbocycles. The molecule has 3 N–H and O–H groups in total. The Balaban J connectivity index is 1.27. The number of carbonyl (C=O) groups excluding carboxylic acids is 1. The van der Waals surface area contributed by atoms with Crippen LogP contribution in [0.15, 0.2) is 53.1 Å². The van der Waals surface area contributed by atoms with Crippen LogP contribution in [0.4, 0.5) is 4.79 Å². The van der Waals surface area contributed by atoms with Crippen molar-refractivity contribution in [1.82, 2.24) is 10.6 Å². The van der Waals surface area contributed by atoms with Crippen molar-refractivity contribution in [2.24, 2.45) is 0 Å². The van der Waals surface area contributed by atoms with Crippen LogP contribution in [-0.2, 0) is 13.1 Å². The van der Waals surface area contributed by atoms with Gasteiger partial charge >= 0.3 is 6.03 Å². The Bertz CT molecular complexity index is 672. The SMILES string of the molecule is O=C(NCc1ccccc1)NC1C[C@H]2CC[C@H](C1)[NH+]2Cc1ccco1. The van der Waals surface area contributed by atoms with Crippen LogP contribution in [0.3, 0.4) is 0 Å². The summed E-state index contributed by atoms with van der Waals surface area (Å²) >= 11 is 0. The average Bonchev–Trinajstić information content (AvgIpc) is 3.21. The standard InChI is InChI=1S/C20H25N3O2/c24-20(21-13-15-5-2-1-3-6-15)22-16-11-17-8-9-18(12-16)23(17)14-19-7-4-10-25-19/h1-7,10,16-18H,8-9,11-14H2,(H2,21,22,24)/p+1/t17-,18-/m1/s1.